The van der Waals surface area contributed by atoms with Gasteiger partial charge in [0, 0.05) is 0 Å². The summed E-state index contributed by atoms with van der Waals surface area (Å²) in [6.07, 6.45) is 5.79. The molecular formula is C13H18O3. The van der Waals surface area contributed by atoms with E-state index in [9.17, 15) is 4.79 Å². The second-order valence-corrected chi connectivity index (χ2v) is 5.80. The number of carbonyl (C=O) groups excluding carboxylic acids is 1. The largest absolute Gasteiger partial charge is 0.456 e. The molecule has 0 aromatic heterocycles. The molecule has 2 unspecified atom stereocenters. The molecule has 0 aromatic rings. The highest BCUT2D eigenvalue weighted by Crippen LogP contribution is 2.61. The molecule has 2 atom stereocenters. The molecule has 0 radical (unpaired) electrons. The molecule has 0 saturated heterocycles. The van der Waals surface area contributed by atoms with Crippen molar-refractivity contribution in [3.8, 4) is 0 Å². The van der Waals surface area contributed by atoms with Gasteiger partial charge in [-0.3, -0.25) is 0 Å². The lowest BCUT2D eigenvalue weighted by Gasteiger charge is -2.37. The molecule has 0 spiro atoms. The van der Waals surface area contributed by atoms with Crippen LogP contribution >= 0.6 is 0 Å². The molecule has 4 rings (SSSR count). The van der Waals surface area contributed by atoms with Crippen molar-refractivity contribution >= 4 is 5.97 Å². The fourth-order valence-electron chi connectivity index (χ4n) is 4.19. The van der Waals surface area contributed by atoms with E-state index >= 15 is 0 Å². The van der Waals surface area contributed by atoms with Crippen molar-refractivity contribution in [3.63, 3.8) is 0 Å². The Labute approximate surface area is 95.5 Å². The maximum Gasteiger partial charge on any atom is 0.336 e. The summed E-state index contributed by atoms with van der Waals surface area (Å²) in [5, 5.41) is 8.86. The van der Waals surface area contributed by atoms with E-state index in [2.05, 4.69) is 6.58 Å². The Balaban J connectivity index is 1.72. The predicted molar refractivity (Wildman–Crippen MR) is 58.6 cm³/mol. The van der Waals surface area contributed by atoms with Gasteiger partial charge in [0.15, 0.2) is 0 Å². The summed E-state index contributed by atoms with van der Waals surface area (Å²) >= 11 is 0. The van der Waals surface area contributed by atoms with Gasteiger partial charge in [0.25, 0.3) is 0 Å². The molecule has 0 amide bonds. The van der Waals surface area contributed by atoms with E-state index in [1.165, 1.54) is 12.8 Å². The Bertz CT molecular complexity index is 328. The zero-order valence-corrected chi connectivity index (χ0v) is 9.45. The Morgan fingerprint density at radius 2 is 1.94 bits per heavy atom. The van der Waals surface area contributed by atoms with Crippen LogP contribution in [0.4, 0.5) is 0 Å². The van der Waals surface area contributed by atoms with Crippen molar-refractivity contribution < 1.29 is 14.6 Å². The van der Waals surface area contributed by atoms with Crippen LogP contribution in [0.2, 0.25) is 0 Å². The minimum atomic E-state index is -0.399. The van der Waals surface area contributed by atoms with Crippen LogP contribution in [0.3, 0.4) is 0 Å². The Hall–Kier alpha value is -0.830. The number of hydrogen-bond acceptors (Lipinski definition) is 3. The first-order chi connectivity index (χ1) is 7.62. The van der Waals surface area contributed by atoms with Gasteiger partial charge in [0.05, 0.1) is 12.2 Å². The Morgan fingerprint density at radius 1 is 1.31 bits per heavy atom. The minimum Gasteiger partial charge on any atom is -0.456 e. The van der Waals surface area contributed by atoms with Crippen molar-refractivity contribution in [1.82, 2.24) is 0 Å². The number of esters is 1. The molecule has 88 valence electrons. The number of aliphatic hydroxyl groups is 1. The first-order valence-electron chi connectivity index (χ1n) is 6.14. The van der Waals surface area contributed by atoms with Crippen LogP contribution in [0.25, 0.3) is 0 Å². The standard InChI is InChI=1S/C13H18O3/c1-8(7-14)12(15)16-13-4-9-2-10(5-13)11(3-9)6-13/h9-11,14H,1-7H2. The van der Waals surface area contributed by atoms with Gasteiger partial charge in [-0.1, -0.05) is 6.58 Å². The normalized spacial score (nSPS) is 43.7. The predicted octanol–water partition coefficient (Wildman–Crippen LogP) is 1.66. The number of hydrogen-bond donors (Lipinski definition) is 1. The van der Waals surface area contributed by atoms with E-state index in [0.717, 1.165) is 37.0 Å². The second-order valence-electron chi connectivity index (χ2n) is 5.80. The summed E-state index contributed by atoms with van der Waals surface area (Å²) in [5.41, 5.74) is -0.0248. The SMILES string of the molecule is C=C(CO)C(=O)OC12CC3CC(C1)C(C3)C2. The van der Waals surface area contributed by atoms with Crippen LogP contribution in [0.5, 0.6) is 0 Å². The summed E-state index contributed by atoms with van der Waals surface area (Å²) < 4.78 is 5.62. The lowest BCUT2D eigenvalue weighted by Crippen LogP contribution is -2.39. The molecule has 4 aliphatic carbocycles. The highest BCUT2D eigenvalue weighted by molar-refractivity contribution is 5.88. The highest BCUT2D eigenvalue weighted by atomic mass is 16.6. The van der Waals surface area contributed by atoms with Crippen LogP contribution in [0, 0.1) is 17.8 Å². The molecule has 16 heavy (non-hydrogen) atoms. The van der Waals surface area contributed by atoms with Gasteiger partial charge >= 0.3 is 5.97 Å². The van der Waals surface area contributed by atoms with Crippen LogP contribution in [-0.4, -0.2) is 23.3 Å². The fraction of sp³-hybridized carbons (Fsp3) is 0.769. The number of carbonyl (C=O) groups is 1. The van der Waals surface area contributed by atoms with Gasteiger partial charge in [-0.15, -0.1) is 0 Å². The van der Waals surface area contributed by atoms with E-state index in [1.54, 1.807) is 0 Å². The van der Waals surface area contributed by atoms with Crippen molar-refractivity contribution in [2.75, 3.05) is 6.61 Å². The third kappa shape index (κ3) is 1.41. The van der Waals surface area contributed by atoms with Crippen LogP contribution in [0.15, 0.2) is 12.2 Å². The fourth-order valence-corrected chi connectivity index (χ4v) is 4.19. The van der Waals surface area contributed by atoms with Gasteiger partial charge in [-0.2, -0.15) is 0 Å². The van der Waals surface area contributed by atoms with Gasteiger partial charge < -0.3 is 9.84 Å². The Kier molecular flexibility index (Phi) is 2.15. The van der Waals surface area contributed by atoms with E-state index < -0.39 is 5.97 Å². The number of rotatable bonds is 3. The summed E-state index contributed by atoms with van der Waals surface area (Å²) in [4.78, 5) is 11.7. The smallest absolute Gasteiger partial charge is 0.336 e. The maximum atomic E-state index is 11.7. The van der Waals surface area contributed by atoms with Crippen LogP contribution in [-0.2, 0) is 9.53 Å². The third-order valence-electron chi connectivity index (χ3n) is 4.66. The zero-order valence-electron chi connectivity index (χ0n) is 9.45. The van der Waals surface area contributed by atoms with E-state index in [1.807, 2.05) is 0 Å². The third-order valence-corrected chi connectivity index (χ3v) is 4.66. The molecule has 3 heteroatoms. The monoisotopic (exact) mass is 222 g/mol. The molecule has 0 aliphatic heterocycles. The summed E-state index contributed by atoms with van der Waals surface area (Å²) in [5.74, 6) is 1.94. The first-order valence-corrected chi connectivity index (χ1v) is 6.14. The molecule has 4 saturated carbocycles. The van der Waals surface area contributed by atoms with E-state index in [0.29, 0.717) is 0 Å². The highest BCUT2D eigenvalue weighted by Gasteiger charge is 2.58. The first kappa shape index (κ1) is 10.3. The summed E-state index contributed by atoms with van der Waals surface area (Å²) in [7, 11) is 0. The lowest BCUT2D eigenvalue weighted by molar-refractivity contribution is -0.160. The molecule has 0 aromatic carbocycles. The number of ether oxygens (including phenoxy) is 1. The minimum absolute atomic E-state index is 0.178. The average molecular weight is 222 g/mol. The van der Waals surface area contributed by atoms with Crippen molar-refractivity contribution in [2.24, 2.45) is 17.8 Å². The summed E-state index contributed by atoms with van der Waals surface area (Å²) in [6, 6.07) is 0. The van der Waals surface area contributed by atoms with Gasteiger partial charge in [0.1, 0.15) is 5.60 Å². The van der Waals surface area contributed by atoms with Crippen molar-refractivity contribution in [2.45, 2.75) is 37.7 Å². The lowest BCUT2D eigenvalue weighted by atomic mass is 9.78. The van der Waals surface area contributed by atoms with E-state index in [-0.39, 0.29) is 17.8 Å². The number of aliphatic hydroxyl groups excluding tert-OH is 1. The van der Waals surface area contributed by atoms with Gasteiger partial charge in [0.2, 0.25) is 0 Å². The van der Waals surface area contributed by atoms with E-state index in [4.69, 9.17) is 9.84 Å². The van der Waals surface area contributed by atoms with Gasteiger partial charge in [-0.05, 0) is 49.9 Å². The molecule has 4 aliphatic rings. The molecule has 4 bridgehead atoms. The van der Waals surface area contributed by atoms with Gasteiger partial charge in [-0.25, -0.2) is 4.79 Å². The molecule has 0 heterocycles. The second kappa shape index (κ2) is 3.33. The topological polar surface area (TPSA) is 46.5 Å². The van der Waals surface area contributed by atoms with Crippen LogP contribution < -0.4 is 0 Å². The van der Waals surface area contributed by atoms with Crippen molar-refractivity contribution in [1.29, 1.82) is 0 Å². The summed E-state index contributed by atoms with van der Waals surface area (Å²) in [6.45, 7) is 3.22. The van der Waals surface area contributed by atoms with Crippen LogP contribution in [0.1, 0.15) is 32.1 Å². The zero-order chi connectivity index (χ0) is 11.3. The average Bonchev–Trinajstić information content (AvgIpc) is 2.64. The molecule has 4 fully saturated rings. The quantitative estimate of drug-likeness (QED) is 0.583. The molecular weight excluding hydrogens is 204 g/mol. The van der Waals surface area contributed by atoms with Crippen molar-refractivity contribution in [3.05, 3.63) is 12.2 Å². The molecule has 3 nitrogen and oxygen atoms in total. The maximum absolute atomic E-state index is 11.7. The Morgan fingerprint density at radius 3 is 2.44 bits per heavy atom. The molecule has 1 N–H and O–H groups in total.